The molecule has 2 atom stereocenters. The molecule has 0 bridgehead atoms. The normalized spacial score (nSPS) is 17.6. The van der Waals surface area contributed by atoms with Crippen molar-refractivity contribution in [3.05, 3.63) is 113 Å². The van der Waals surface area contributed by atoms with E-state index in [4.69, 9.17) is 19.2 Å². The molecule has 0 unspecified atom stereocenters. The third kappa shape index (κ3) is 8.71. The van der Waals surface area contributed by atoms with Crippen LogP contribution in [-0.2, 0) is 52.0 Å². The number of aryl methyl sites for hydroxylation is 2. The zero-order chi connectivity index (χ0) is 38.0. The number of hydrogen-bond acceptors (Lipinski definition) is 6. The molecule has 0 aromatic heterocycles. The number of unbranched alkanes of at least 4 members (excludes halogenated alkanes) is 1. The van der Waals surface area contributed by atoms with Crippen LogP contribution in [0.15, 0.2) is 71.7 Å². The van der Waals surface area contributed by atoms with Crippen LogP contribution in [0, 0.1) is 25.3 Å². The summed E-state index contributed by atoms with van der Waals surface area (Å²) in [4.78, 5) is 35.8. The fraction of sp³-hybridized carbons (Fsp3) is 0.391. The Bertz CT molecular complexity index is 2070. The van der Waals surface area contributed by atoms with Crippen molar-refractivity contribution >= 4 is 35.1 Å². The summed E-state index contributed by atoms with van der Waals surface area (Å²) in [6.07, 6.45) is 9.49. The molecule has 4 aliphatic heterocycles. The number of methoxy groups -OCH3 is 1. The Balaban J connectivity index is 0.000000518. The Morgan fingerprint density at radius 2 is 1.60 bits per heavy atom. The molecule has 4 aromatic carbocycles. The molecule has 0 fully saturated rings. The molecular weight excluding hydrogens is 763 g/mol. The number of aliphatic imine (C=N–C) groups is 1. The van der Waals surface area contributed by atoms with E-state index < -0.39 is 0 Å². The van der Waals surface area contributed by atoms with Crippen LogP contribution in [-0.4, -0.2) is 50.4 Å². The Morgan fingerprint density at radius 3 is 2.35 bits per heavy atom. The van der Waals surface area contributed by atoms with Gasteiger partial charge in [-0.3, -0.25) is 19.5 Å². The van der Waals surface area contributed by atoms with E-state index in [1.807, 2.05) is 71.5 Å². The summed E-state index contributed by atoms with van der Waals surface area (Å²) in [5, 5.41) is 0. The fourth-order valence-electron chi connectivity index (χ4n) is 7.91. The number of nitrogens with zero attached hydrogens (tertiary/aromatic N) is 3. The summed E-state index contributed by atoms with van der Waals surface area (Å²) in [6.45, 7) is 13.4. The van der Waals surface area contributed by atoms with E-state index in [0.29, 0.717) is 47.8 Å². The quantitative estimate of drug-likeness (QED) is 0.124. The van der Waals surface area contributed by atoms with Gasteiger partial charge < -0.3 is 26.0 Å². The van der Waals surface area contributed by atoms with Crippen LogP contribution in [0.5, 0.6) is 17.2 Å². The standard InChI is InChI=1S/C38H34N3O5.C8H17.Y/c1-23-16-29-24(12-13-27-17-25-8-3-5-10-32(25)40(27)37(29)42)19-34(23)45-14-7-15-46-36-21-31-30(20-35(36)44-2)38(43)41-28(22-39-31)18-26-9-4-6-11-33(26)41;1-5-6-7-8(2,3)4;/h4-6,8-11,16,19-22,27-28H,7,12-15,17-18H2,1-2H3;1,5-7H2,2-4H3;/q2*-1;/t27-,28+;;/m1../s1. The van der Waals surface area contributed by atoms with Gasteiger partial charge in [-0.1, -0.05) is 63.9 Å². The van der Waals surface area contributed by atoms with Crippen molar-refractivity contribution in [2.45, 2.75) is 91.1 Å². The minimum atomic E-state index is -0.119. The molecule has 4 heterocycles. The summed E-state index contributed by atoms with van der Waals surface area (Å²) < 4.78 is 18.0. The second-order valence-electron chi connectivity index (χ2n) is 15.8. The summed E-state index contributed by atoms with van der Waals surface area (Å²) in [5.74, 6) is 1.79. The zero-order valence-electron chi connectivity index (χ0n) is 32.8. The van der Waals surface area contributed by atoms with Crippen molar-refractivity contribution in [3.63, 3.8) is 0 Å². The van der Waals surface area contributed by atoms with E-state index in [0.717, 1.165) is 71.5 Å². The molecular formula is C46H51N3O5Y-2. The molecule has 8 nitrogen and oxygen atoms in total. The Hall–Kier alpha value is -4.01. The van der Waals surface area contributed by atoms with E-state index in [1.165, 1.54) is 18.4 Å². The zero-order valence-corrected chi connectivity index (χ0v) is 35.7. The van der Waals surface area contributed by atoms with E-state index in [-0.39, 0.29) is 56.6 Å². The molecule has 0 saturated heterocycles. The smallest absolute Gasteiger partial charge is 0.261 e. The van der Waals surface area contributed by atoms with E-state index in [1.54, 1.807) is 19.2 Å². The summed E-state index contributed by atoms with van der Waals surface area (Å²) in [5.41, 5.74) is 8.58. The minimum Gasteiger partial charge on any atom is -0.493 e. The number of hydrogen-bond donors (Lipinski definition) is 0. The number of para-hydroxylation sites is 1. The van der Waals surface area contributed by atoms with Gasteiger partial charge in [0.1, 0.15) is 5.75 Å². The average Bonchev–Trinajstić information content (AvgIpc) is 3.65. The van der Waals surface area contributed by atoms with Crippen LogP contribution in [0.1, 0.15) is 95.8 Å². The predicted molar refractivity (Wildman–Crippen MR) is 215 cm³/mol. The maximum absolute atomic E-state index is 13.7. The number of fused-ring (bicyclic) bond motifs is 8. The first-order valence-electron chi connectivity index (χ1n) is 19.2. The largest absolute Gasteiger partial charge is 0.493 e. The van der Waals surface area contributed by atoms with Gasteiger partial charge in [-0.25, -0.2) is 0 Å². The number of carbonyl (C=O) groups is 2. The third-order valence-electron chi connectivity index (χ3n) is 10.7. The van der Waals surface area contributed by atoms with Crippen molar-refractivity contribution in [1.82, 2.24) is 0 Å². The average molecular weight is 815 g/mol. The molecule has 9 heteroatoms. The van der Waals surface area contributed by atoms with Gasteiger partial charge in [0, 0.05) is 75.1 Å². The first kappa shape index (κ1) is 40.7. The number of carbonyl (C=O) groups excluding carboxylic acids is 2. The molecule has 8 rings (SSSR count). The molecule has 285 valence electrons. The van der Waals surface area contributed by atoms with Crippen LogP contribution in [0.4, 0.5) is 17.1 Å². The van der Waals surface area contributed by atoms with Crippen LogP contribution in [0.25, 0.3) is 0 Å². The van der Waals surface area contributed by atoms with Crippen molar-refractivity contribution in [3.8, 4) is 17.2 Å². The topological polar surface area (TPSA) is 80.7 Å². The Labute approximate surface area is 351 Å². The van der Waals surface area contributed by atoms with Gasteiger partial charge in [0.15, 0.2) is 11.5 Å². The molecule has 4 aliphatic rings. The number of anilines is 2. The number of ether oxygens (including phenoxy) is 3. The molecule has 4 aromatic rings. The van der Waals surface area contributed by atoms with Crippen LogP contribution in [0.2, 0.25) is 0 Å². The summed E-state index contributed by atoms with van der Waals surface area (Å²) in [7, 11) is 1.57. The number of amides is 2. The number of rotatable bonds is 9. The molecule has 2 amide bonds. The van der Waals surface area contributed by atoms with Gasteiger partial charge in [0.05, 0.1) is 37.6 Å². The summed E-state index contributed by atoms with van der Waals surface area (Å²) in [6, 6.07) is 24.6. The predicted octanol–water partition coefficient (Wildman–Crippen LogP) is 9.49. The van der Waals surface area contributed by atoms with Crippen LogP contribution >= 0.6 is 0 Å². The molecule has 55 heavy (non-hydrogen) atoms. The molecule has 0 spiro atoms. The van der Waals surface area contributed by atoms with Crippen molar-refractivity contribution in [1.29, 1.82) is 0 Å². The maximum Gasteiger partial charge on any atom is 0.261 e. The van der Waals surface area contributed by atoms with Crippen molar-refractivity contribution in [2.24, 2.45) is 10.4 Å². The van der Waals surface area contributed by atoms with Gasteiger partial charge in [0.25, 0.3) is 11.8 Å². The second kappa shape index (κ2) is 17.4. The summed E-state index contributed by atoms with van der Waals surface area (Å²) >= 11 is 0. The van der Waals surface area contributed by atoms with Gasteiger partial charge >= 0.3 is 0 Å². The molecule has 0 N–H and O–H groups in total. The first-order valence-corrected chi connectivity index (χ1v) is 19.2. The van der Waals surface area contributed by atoms with Crippen LogP contribution in [0.3, 0.4) is 0 Å². The number of benzene rings is 4. The SMILES string of the molecule is COc1cc2c(cc1OCCCOc1cc3c(cc1C)C(=O)N1c4cc[c-]cc4C[C@H]1CC3)N=C[C@@H]1Cc3ccccc3N1C2=O.[CH2-]CCCC(C)(C)C.[Y]. The maximum atomic E-state index is 13.7. The van der Waals surface area contributed by atoms with Gasteiger partial charge in [-0.15, -0.1) is 11.6 Å². The Kier molecular flexibility index (Phi) is 12.9. The third-order valence-corrected chi connectivity index (χ3v) is 10.7. The molecule has 0 aliphatic carbocycles. The molecule has 1 radical (unpaired) electrons. The van der Waals surface area contributed by atoms with Gasteiger partial charge in [-0.2, -0.15) is 24.6 Å². The monoisotopic (exact) mass is 814 g/mol. The van der Waals surface area contributed by atoms with Gasteiger partial charge in [-0.05, 0) is 66.1 Å². The minimum absolute atomic E-state index is 0. The van der Waals surface area contributed by atoms with E-state index in [2.05, 4.69) is 39.8 Å². The fourth-order valence-corrected chi connectivity index (χ4v) is 7.91. The van der Waals surface area contributed by atoms with Crippen LogP contribution < -0.4 is 24.0 Å². The van der Waals surface area contributed by atoms with E-state index in [9.17, 15) is 9.59 Å². The first-order chi connectivity index (χ1) is 26.1. The van der Waals surface area contributed by atoms with Crippen molar-refractivity contribution in [2.75, 3.05) is 30.1 Å². The van der Waals surface area contributed by atoms with Crippen molar-refractivity contribution < 1.29 is 56.5 Å². The van der Waals surface area contributed by atoms with Gasteiger partial charge in [0.2, 0.25) is 0 Å². The van der Waals surface area contributed by atoms with E-state index >= 15 is 0 Å². The molecule has 0 saturated carbocycles. The second-order valence-corrected chi connectivity index (χ2v) is 15.8. The Morgan fingerprint density at radius 1 is 0.855 bits per heavy atom.